The van der Waals surface area contributed by atoms with Crippen LogP contribution in [0.5, 0.6) is 5.75 Å². The van der Waals surface area contributed by atoms with Gasteiger partial charge in [-0.3, -0.25) is 0 Å². The third-order valence-corrected chi connectivity index (χ3v) is 4.15. The molecule has 0 aliphatic heterocycles. The minimum Gasteiger partial charge on any atom is -0.493 e. The van der Waals surface area contributed by atoms with Gasteiger partial charge in [0.25, 0.3) is 0 Å². The van der Waals surface area contributed by atoms with Crippen molar-refractivity contribution in [2.45, 2.75) is 46.6 Å². The first-order valence-electron chi connectivity index (χ1n) is 10.1. The smallest absolute Gasteiger partial charge is 0.226 e. The van der Waals surface area contributed by atoms with Gasteiger partial charge in [0.15, 0.2) is 11.8 Å². The molecule has 0 saturated heterocycles. The number of hydrogen-bond acceptors (Lipinski definition) is 6. The summed E-state index contributed by atoms with van der Waals surface area (Å²) >= 11 is 0. The Hall–Kier alpha value is -1.88. The topological polar surface area (TPSA) is 93.8 Å². The molecule has 1 heterocycles. The van der Waals surface area contributed by atoms with Crippen LogP contribution in [0.2, 0.25) is 0 Å². The summed E-state index contributed by atoms with van der Waals surface area (Å²) in [5, 5.41) is 10.4. The normalized spacial score (nSPS) is 11.1. The molecule has 2 rings (SSSR count). The molecule has 9 heteroatoms. The van der Waals surface area contributed by atoms with E-state index in [2.05, 4.69) is 52.8 Å². The lowest BCUT2D eigenvalue weighted by molar-refractivity contribution is 0.172. The molecule has 0 aliphatic carbocycles. The fraction of sp³-hybridized carbons (Fsp3) is 0.571. The lowest BCUT2D eigenvalue weighted by Crippen LogP contribution is -2.37. The molecular formula is C21H34IN5O3. The molecule has 2 aromatic rings. The van der Waals surface area contributed by atoms with Crippen LogP contribution in [0.25, 0.3) is 0 Å². The van der Waals surface area contributed by atoms with E-state index in [-0.39, 0.29) is 24.0 Å². The van der Waals surface area contributed by atoms with E-state index >= 15 is 0 Å². The van der Waals surface area contributed by atoms with E-state index in [1.54, 1.807) is 7.11 Å². The molecule has 0 radical (unpaired) electrons. The van der Waals surface area contributed by atoms with E-state index in [1.807, 2.05) is 6.92 Å². The number of rotatable bonds is 12. The molecule has 1 aromatic heterocycles. The molecule has 0 spiro atoms. The maximum absolute atomic E-state index is 5.95. The van der Waals surface area contributed by atoms with Crippen molar-refractivity contribution in [1.82, 2.24) is 20.8 Å². The summed E-state index contributed by atoms with van der Waals surface area (Å²) < 4.78 is 16.2. The number of benzene rings is 1. The average molecular weight is 531 g/mol. The first-order valence-corrected chi connectivity index (χ1v) is 10.1. The number of aryl methyl sites for hydroxylation is 3. The van der Waals surface area contributed by atoms with Crippen molar-refractivity contribution < 1.29 is 14.0 Å². The predicted molar refractivity (Wildman–Crippen MR) is 129 cm³/mol. The zero-order valence-corrected chi connectivity index (χ0v) is 20.7. The van der Waals surface area contributed by atoms with Crippen molar-refractivity contribution in [3.63, 3.8) is 0 Å². The van der Waals surface area contributed by atoms with Crippen molar-refractivity contribution in [1.29, 1.82) is 0 Å². The monoisotopic (exact) mass is 531 g/mol. The molecule has 2 N–H and O–H groups in total. The van der Waals surface area contributed by atoms with E-state index in [0.717, 1.165) is 49.6 Å². The summed E-state index contributed by atoms with van der Waals surface area (Å²) in [7, 11) is 1.70. The highest BCUT2D eigenvalue weighted by molar-refractivity contribution is 14.0. The zero-order valence-electron chi connectivity index (χ0n) is 18.4. The highest BCUT2D eigenvalue weighted by atomic mass is 127. The van der Waals surface area contributed by atoms with Gasteiger partial charge in [0.2, 0.25) is 5.89 Å². The summed E-state index contributed by atoms with van der Waals surface area (Å²) in [6.45, 7) is 9.35. The number of nitrogens with one attached hydrogen (secondary N) is 2. The first kappa shape index (κ1) is 26.2. The van der Waals surface area contributed by atoms with Crippen LogP contribution < -0.4 is 15.4 Å². The number of aromatic nitrogens is 2. The largest absolute Gasteiger partial charge is 0.493 e. The molecule has 0 aliphatic rings. The lowest BCUT2D eigenvalue weighted by atomic mass is 10.1. The van der Waals surface area contributed by atoms with Crippen LogP contribution in [0, 0.1) is 13.8 Å². The van der Waals surface area contributed by atoms with Gasteiger partial charge < -0.3 is 24.6 Å². The zero-order chi connectivity index (χ0) is 20.9. The Balaban J connectivity index is 0.00000450. The van der Waals surface area contributed by atoms with Crippen LogP contribution in [0.15, 0.2) is 27.7 Å². The van der Waals surface area contributed by atoms with Crippen molar-refractivity contribution in [3.8, 4) is 5.75 Å². The Morgan fingerprint density at radius 1 is 1.17 bits per heavy atom. The highest BCUT2D eigenvalue weighted by Crippen LogP contribution is 2.21. The molecule has 0 unspecified atom stereocenters. The summed E-state index contributed by atoms with van der Waals surface area (Å²) in [5.74, 6) is 3.00. The Kier molecular flexibility index (Phi) is 13.1. The quantitative estimate of drug-likeness (QED) is 0.188. The summed E-state index contributed by atoms with van der Waals surface area (Å²) in [5.41, 5.74) is 2.23. The molecule has 30 heavy (non-hydrogen) atoms. The second-order valence-electron chi connectivity index (χ2n) is 6.77. The third-order valence-electron chi connectivity index (χ3n) is 4.15. The average Bonchev–Trinajstić information content (AvgIpc) is 3.12. The number of aliphatic imine (C=N–C) groups is 1. The molecule has 0 atom stereocenters. The van der Waals surface area contributed by atoms with E-state index < -0.39 is 0 Å². The Bertz CT molecular complexity index is 767. The van der Waals surface area contributed by atoms with Gasteiger partial charge in [-0.2, -0.15) is 4.98 Å². The molecule has 0 saturated carbocycles. The van der Waals surface area contributed by atoms with Gasteiger partial charge in [-0.15, -0.1) is 24.0 Å². The fourth-order valence-electron chi connectivity index (χ4n) is 2.71. The van der Waals surface area contributed by atoms with Crippen molar-refractivity contribution in [3.05, 3.63) is 41.0 Å². The van der Waals surface area contributed by atoms with Crippen LogP contribution in [-0.4, -0.2) is 49.5 Å². The van der Waals surface area contributed by atoms with Gasteiger partial charge in [0.05, 0.1) is 13.2 Å². The number of methoxy groups -OCH3 is 1. The summed E-state index contributed by atoms with van der Waals surface area (Å²) in [4.78, 5) is 8.92. The highest BCUT2D eigenvalue weighted by Gasteiger charge is 2.06. The second-order valence-corrected chi connectivity index (χ2v) is 6.77. The minimum atomic E-state index is 0. The van der Waals surface area contributed by atoms with Crippen LogP contribution in [0.4, 0.5) is 0 Å². The summed E-state index contributed by atoms with van der Waals surface area (Å²) in [6.07, 6.45) is 2.48. The molecule has 0 bridgehead atoms. The van der Waals surface area contributed by atoms with Crippen molar-refractivity contribution in [2.75, 3.05) is 33.4 Å². The van der Waals surface area contributed by atoms with Crippen molar-refractivity contribution >= 4 is 29.9 Å². The van der Waals surface area contributed by atoms with E-state index in [9.17, 15) is 0 Å². The number of halogens is 1. The van der Waals surface area contributed by atoms with Gasteiger partial charge in [-0.25, -0.2) is 4.99 Å². The Morgan fingerprint density at radius 3 is 2.70 bits per heavy atom. The van der Waals surface area contributed by atoms with Crippen LogP contribution >= 0.6 is 24.0 Å². The lowest BCUT2D eigenvalue weighted by Gasteiger charge is -2.13. The fourth-order valence-corrected chi connectivity index (χ4v) is 2.71. The van der Waals surface area contributed by atoms with E-state index in [1.165, 1.54) is 5.56 Å². The molecule has 8 nitrogen and oxygen atoms in total. The third kappa shape index (κ3) is 9.75. The molecule has 168 valence electrons. The molecule has 0 fully saturated rings. The minimum absolute atomic E-state index is 0. The van der Waals surface area contributed by atoms with Gasteiger partial charge in [0, 0.05) is 45.2 Å². The van der Waals surface area contributed by atoms with Crippen LogP contribution in [0.3, 0.4) is 0 Å². The van der Waals surface area contributed by atoms with Gasteiger partial charge >= 0.3 is 0 Å². The summed E-state index contributed by atoms with van der Waals surface area (Å²) in [6, 6.07) is 6.22. The first-order chi connectivity index (χ1) is 14.1. The van der Waals surface area contributed by atoms with Crippen molar-refractivity contribution in [2.24, 2.45) is 4.99 Å². The number of ether oxygens (including phenoxy) is 2. The van der Waals surface area contributed by atoms with Crippen LogP contribution in [0.1, 0.15) is 42.6 Å². The maximum atomic E-state index is 5.95. The predicted octanol–water partition coefficient (Wildman–Crippen LogP) is 3.41. The number of nitrogens with zero attached hydrogens (tertiary/aromatic N) is 3. The van der Waals surface area contributed by atoms with Gasteiger partial charge in [0.1, 0.15) is 5.75 Å². The second kappa shape index (κ2) is 15.0. The number of hydrogen-bond donors (Lipinski definition) is 2. The van der Waals surface area contributed by atoms with E-state index in [4.69, 9.17) is 19.0 Å². The van der Waals surface area contributed by atoms with Crippen LogP contribution in [-0.2, 0) is 17.7 Å². The Labute approximate surface area is 196 Å². The Morgan fingerprint density at radius 2 is 2.00 bits per heavy atom. The molecule has 1 aromatic carbocycles. The SMILES string of the molecule is CCNC(=NCc1ccc(C)cc1OCCCOC)NCCCc1nc(C)no1.I. The van der Waals surface area contributed by atoms with E-state index in [0.29, 0.717) is 31.5 Å². The van der Waals surface area contributed by atoms with Gasteiger partial charge in [-0.05, 0) is 38.8 Å². The maximum Gasteiger partial charge on any atom is 0.226 e. The number of guanidine groups is 1. The van der Waals surface area contributed by atoms with Gasteiger partial charge in [-0.1, -0.05) is 17.3 Å². The molecule has 0 amide bonds. The standard InChI is InChI=1S/C21H33N5O3.HI/c1-5-22-21(23-11-6-8-20-25-17(3)26-29-20)24-15-18-10-9-16(2)14-19(18)28-13-7-12-27-4;/h9-10,14H,5-8,11-13,15H2,1-4H3,(H2,22,23,24);1H. The molecular weight excluding hydrogens is 497 g/mol.